The first kappa shape index (κ1) is 16.2. The smallest absolute Gasteiger partial charge is 0.243 e. The van der Waals surface area contributed by atoms with Gasteiger partial charge in [-0.25, -0.2) is 12.8 Å². The maximum absolute atomic E-state index is 13.6. The number of aryl methyl sites for hydroxylation is 1. The van der Waals surface area contributed by atoms with Crippen LogP contribution in [0.15, 0.2) is 17.0 Å². The van der Waals surface area contributed by atoms with E-state index in [-0.39, 0.29) is 22.1 Å². The lowest BCUT2D eigenvalue weighted by Gasteiger charge is -2.23. The van der Waals surface area contributed by atoms with E-state index in [1.165, 1.54) is 23.4 Å². The Bertz CT molecular complexity index is 590. The summed E-state index contributed by atoms with van der Waals surface area (Å²) >= 11 is 0. The molecule has 0 aliphatic carbocycles. The number of benzene rings is 1. The normalized spacial score (nSPS) is 19.3. The zero-order chi connectivity index (χ0) is 15.6. The summed E-state index contributed by atoms with van der Waals surface area (Å²) in [7, 11) is -3.67. The molecule has 1 aromatic carbocycles. The molecule has 0 radical (unpaired) electrons. The maximum atomic E-state index is 13.6. The molecule has 2 N–H and O–H groups in total. The van der Waals surface area contributed by atoms with Crippen LogP contribution in [0.5, 0.6) is 0 Å². The Kier molecular flexibility index (Phi) is 4.85. The molecule has 118 valence electrons. The van der Waals surface area contributed by atoms with Gasteiger partial charge in [0.05, 0.1) is 17.2 Å². The number of sulfonamides is 1. The molecule has 21 heavy (non-hydrogen) atoms. The number of hydrogen-bond acceptors (Lipinski definition) is 4. The molecule has 0 saturated carbocycles. The number of nitrogens with two attached hydrogens (primary N) is 1. The molecule has 1 saturated heterocycles. The summed E-state index contributed by atoms with van der Waals surface area (Å²) < 4.78 is 45.6. The number of nitrogen functional groups attached to an aromatic ring is 1. The molecule has 1 heterocycles. The summed E-state index contributed by atoms with van der Waals surface area (Å²) in [6.45, 7) is 5.31. The molecule has 1 fully saturated rings. The third kappa shape index (κ3) is 3.36. The number of hydrogen-bond donors (Lipinski definition) is 1. The van der Waals surface area contributed by atoms with E-state index in [1.807, 2.05) is 0 Å². The van der Waals surface area contributed by atoms with Gasteiger partial charge >= 0.3 is 0 Å². The van der Waals surface area contributed by atoms with E-state index in [9.17, 15) is 12.8 Å². The van der Waals surface area contributed by atoms with Gasteiger partial charge < -0.3 is 10.5 Å². The molecule has 0 amide bonds. The van der Waals surface area contributed by atoms with Crippen molar-refractivity contribution in [2.75, 3.05) is 32.0 Å². The van der Waals surface area contributed by atoms with Gasteiger partial charge in [0.25, 0.3) is 0 Å². The standard InChI is InChI=1S/C14H21FN2O3S/c1-3-17(8-11-4-5-20-9-11)21(18,19)12-6-10(2)14(15)13(16)7-12/h6-7,11H,3-5,8-9,16H2,1-2H3. The van der Waals surface area contributed by atoms with Crippen molar-refractivity contribution in [3.63, 3.8) is 0 Å². The van der Waals surface area contributed by atoms with Crippen LogP contribution in [0.1, 0.15) is 18.9 Å². The second-order valence-corrected chi connectivity index (χ2v) is 7.27. The minimum atomic E-state index is -3.67. The summed E-state index contributed by atoms with van der Waals surface area (Å²) in [5, 5.41) is 0. The molecule has 0 aromatic heterocycles. The SMILES string of the molecule is CCN(CC1CCOC1)S(=O)(=O)c1cc(C)c(F)c(N)c1. The lowest BCUT2D eigenvalue weighted by atomic mass is 10.1. The van der Waals surface area contributed by atoms with Gasteiger partial charge in [0.2, 0.25) is 10.0 Å². The van der Waals surface area contributed by atoms with Crippen molar-refractivity contribution < 1.29 is 17.5 Å². The molecule has 7 heteroatoms. The monoisotopic (exact) mass is 316 g/mol. The van der Waals surface area contributed by atoms with Gasteiger partial charge in [-0.3, -0.25) is 0 Å². The van der Waals surface area contributed by atoms with Crippen molar-refractivity contribution >= 4 is 15.7 Å². The van der Waals surface area contributed by atoms with Crippen LogP contribution in [0.3, 0.4) is 0 Å². The summed E-state index contributed by atoms with van der Waals surface area (Å²) in [6, 6.07) is 2.51. The second kappa shape index (κ2) is 6.29. The van der Waals surface area contributed by atoms with E-state index >= 15 is 0 Å². The van der Waals surface area contributed by atoms with Crippen molar-refractivity contribution in [2.24, 2.45) is 5.92 Å². The van der Waals surface area contributed by atoms with E-state index in [4.69, 9.17) is 10.5 Å². The highest BCUT2D eigenvalue weighted by Gasteiger charge is 2.28. The highest BCUT2D eigenvalue weighted by molar-refractivity contribution is 7.89. The Hall–Kier alpha value is -1.18. The Morgan fingerprint density at radius 1 is 1.48 bits per heavy atom. The number of anilines is 1. The van der Waals surface area contributed by atoms with Gasteiger partial charge in [0, 0.05) is 19.7 Å². The predicted molar refractivity (Wildman–Crippen MR) is 78.9 cm³/mol. The fraction of sp³-hybridized carbons (Fsp3) is 0.571. The Labute approximate surface area is 124 Å². The minimum Gasteiger partial charge on any atom is -0.396 e. The van der Waals surface area contributed by atoms with Crippen LogP contribution in [0.25, 0.3) is 0 Å². The van der Waals surface area contributed by atoms with Gasteiger partial charge in [-0.2, -0.15) is 4.31 Å². The van der Waals surface area contributed by atoms with Crippen LogP contribution in [-0.4, -0.2) is 39.0 Å². The zero-order valence-corrected chi connectivity index (χ0v) is 13.1. The quantitative estimate of drug-likeness (QED) is 0.840. The first-order valence-electron chi connectivity index (χ1n) is 6.99. The fourth-order valence-corrected chi connectivity index (χ4v) is 4.12. The van der Waals surface area contributed by atoms with E-state index in [0.717, 1.165) is 6.42 Å². The number of rotatable bonds is 5. The average molecular weight is 316 g/mol. The Balaban J connectivity index is 2.30. The van der Waals surface area contributed by atoms with Gasteiger partial charge in [-0.15, -0.1) is 0 Å². The zero-order valence-electron chi connectivity index (χ0n) is 12.3. The average Bonchev–Trinajstić information content (AvgIpc) is 2.94. The van der Waals surface area contributed by atoms with Crippen LogP contribution in [-0.2, 0) is 14.8 Å². The van der Waals surface area contributed by atoms with Crippen LogP contribution in [0.4, 0.5) is 10.1 Å². The highest BCUT2D eigenvalue weighted by Crippen LogP contribution is 2.25. The third-order valence-corrected chi connectivity index (χ3v) is 5.65. The highest BCUT2D eigenvalue weighted by atomic mass is 32.2. The summed E-state index contributed by atoms with van der Waals surface area (Å²) in [6.07, 6.45) is 0.858. The molecule has 2 rings (SSSR count). The van der Waals surface area contributed by atoms with Crippen LogP contribution < -0.4 is 5.73 Å². The van der Waals surface area contributed by atoms with Gasteiger partial charge in [0.1, 0.15) is 5.82 Å². The fourth-order valence-electron chi connectivity index (χ4n) is 2.47. The van der Waals surface area contributed by atoms with Crippen molar-refractivity contribution in [1.82, 2.24) is 4.31 Å². The number of halogens is 1. The van der Waals surface area contributed by atoms with E-state index in [0.29, 0.717) is 26.3 Å². The summed E-state index contributed by atoms with van der Waals surface area (Å²) in [5.41, 5.74) is 5.63. The largest absolute Gasteiger partial charge is 0.396 e. The van der Waals surface area contributed by atoms with Crippen molar-refractivity contribution in [3.05, 3.63) is 23.5 Å². The predicted octanol–water partition coefficient (Wildman–Crippen LogP) is 1.76. The molecular weight excluding hydrogens is 295 g/mol. The summed E-state index contributed by atoms with van der Waals surface area (Å²) in [5.74, 6) is -0.361. The van der Waals surface area contributed by atoms with Gasteiger partial charge in [0.15, 0.2) is 0 Å². The van der Waals surface area contributed by atoms with E-state index in [2.05, 4.69) is 0 Å². The number of ether oxygens (including phenoxy) is 1. The van der Waals surface area contributed by atoms with Gasteiger partial charge in [-0.05, 0) is 37.0 Å². The summed E-state index contributed by atoms with van der Waals surface area (Å²) in [4.78, 5) is 0.0414. The molecule has 1 aliphatic rings. The first-order chi connectivity index (χ1) is 9.86. The molecule has 1 unspecified atom stereocenters. The molecule has 0 spiro atoms. The third-order valence-electron chi connectivity index (χ3n) is 3.73. The molecule has 0 bridgehead atoms. The molecule has 5 nitrogen and oxygen atoms in total. The van der Waals surface area contributed by atoms with E-state index in [1.54, 1.807) is 6.92 Å². The van der Waals surface area contributed by atoms with Crippen LogP contribution in [0, 0.1) is 18.7 Å². The van der Waals surface area contributed by atoms with Gasteiger partial charge in [-0.1, -0.05) is 6.92 Å². The minimum absolute atomic E-state index is 0.0414. The first-order valence-corrected chi connectivity index (χ1v) is 8.43. The lowest BCUT2D eigenvalue weighted by molar-refractivity contribution is 0.181. The maximum Gasteiger partial charge on any atom is 0.243 e. The Morgan fingerprint density at radius 3 is 2.71 bits per heavy atom. The van der Waals surface area contributed by atoms with E-state index < -0.39 is 15.8 Å². The molecule has 1 aliphatic heterocycles. The second-order valence-electron chi connectivity index (χ2n) is 5.33. The van der Waals surface area contributed by atoms with Crippen molar-refractivity contribution in [2.45, 2.75) is 25.2 Å². The van der Waals surface area contributed by atoms with Crippen LogP contribution in [0.2, 0.25) is 0 Å². The van der Waals surface area contributed by atoms with Crippen molar-refractivity contribution in [1.29, 1.82) is 0 Å². The Morgan fingerprint density at radius 2 is 2.19 bits per heavy atom. The molecule has 1 aromatic rings. The van der Waals surface area contributed by atoms with Crippen molar-refractivity contribution in [3.8, 4) is 0 Å². The molecule has 1 atom stereocenters. The van der Waals surface area contributed by atoms with Crippen LogP contribution >= 0.6 is 0 Å². The molecular formula is C14H21FN2O3S. The number of nitrogens with zero attached hydrogens (tertiary/aromatic N) is 1. The topological polar surface area (TPSA) is 72.6 Å². The lowest BCUT2D eigenvalue weighted by Crippen LogP contribution is -2.35.